The van der Waals surface area contributed by atoms with E-state index in [-0.39, 0.29) is 4.90 Å². The Morgan fingerprint density at radius 2 is 1.38 bits per heavy atom. The molecule has 0 saturated carbocycles. The van der Waals surface area contributed by atoms with Gasteiger partial charge in [-0.05, 0) is 47.6 Å². The van der Waals surface area contributed by atoms with Crippen LogP contribution in [0.25, 0.3) is 0 Å². The van der Waals surface area contributed by atoms with E-state index in [9.17, 15) is 22.8 Å². The van der Waals surface area contributed by atoms with Crippen LogP contribution in [-0.4, -0.2) is 33.6 Å². The third kappa shape index (κ3) is 6.32. The summed E-state index contributed by atoms with van der Waals surface area (Å²) in [6.45, 7) is 9.12. The molecule has 0 spiro atoms. The number of hydrogen-bond donors (Lipinski definition) is 0. The largest absolute Gasteiger partial charge is 0.443 e. The van der Waals surface area contributed by atoms with E-state index in [4.69, 9.17) is 21.1 Å². The fourth-order valence-electron chi connectivity index (χ4n) is 1.55. The normalized spacial score (nSPS) is 12.5. The molecule has 146 valence electrons. The topological polar surface area (TPSA) is 81.6 Å². The van der Waals surface area contributed by atoms with E-state index < -0.39 is 46.1 Å². The van der Waals surface area contributed by atoms with Crippen LogP contribution in [0.2, 0.25) is 5.15 Å². The summed E-state index contributed by atoms with van der Waals surface area (Å²) in [6, 6.07) is 0.420. The van der Waals surface area contributed by atoms with Crippen molar-refractivity contribution in [1.82, 2.24) is 10.2 Å². The fraction of sp³-hybridized carbons (Fsp3) is 0.600. The van der Waals surface area contributed by atoms with Crippen molar-refractivity contribution in [1.29, 1.82) is 0 Å². The standard InChI is InChI=1S/C15H19ClF3N3O4/c1-13(2,3)25-11(23)22(12(24)26-14(4,5)6)9-7-8(15(17,18)19)10(16)21-20-9/h7H,1-6H3. The molecule has 0 unspecified atom stereocenters. The van der Waals surface area contributed by atoms with Crippen molar-refractivity contribution in [2.45, 2.75) is 58.9 Å². The molecule has 1 aromatic rings. The molecule has 11 heteroatoms. The van der Waals surface area contributed by atoms with Crippen LogP contribution < -0.4 is 4.90 Å². The number of ether oxygens (including phenoxy) is 2. The van der Waals surface area contributed by atoms with Gasteiger partial charge in [0.05, 0.1) is 5.56 Å². The monoisotopic (exact) mass is 397 g/mol. The van der Waals surface area contributed by atoms with Crippen LogP contribution >= 0.6 is 11.6 Å². The summed E-state index contributed by atoms with van der Waals surface area (Å²) >= 11 is 5.41. The number of carbonyl (C=O) groups is 2. The minimum atomic E-state index is -4.87. The first-order chi connectivity index (χ1) is 11.5. The van der Waals surface area contributed by atoms with Gasteiger partial charge in [0, 0.05) is 0 Å². The van der Waals surface area contributed by atoms with Crippen LogP contribution in [0, 0.1) is 0 Å². The van der Waals surface area contributed by atoms with Gasteiger partial charge in [0.25, 0.3) is 0 Å². The van der Waals surface area contributed by atoms with Crippen LogP contribution in [0.1, 0.15) is 47.1 Å². The van der Waals surface area contributed by atoms with E-state index in [1.165, 1.54) is 41.5 Å². The number of carbonyl (C=O) groups excluding carboxylic acids is 2. The Labute approximate surface area is 153 Å². The zero-order chi connectivity index (χ0) is 20.5. The number of anilines is 1. The molecule has 0 N–H and O–H groups in total. The zero-order valence-corrected chi connectivity index (χ0v) is 15.8. The maximum atomic E-state index is 13.0. The molecule has 0 aliphatic carbocycles. The molecular formula is C15H19ClF3N3O4. The summed E-state index contributed by atoms with van der Waals surface area (Å²) in [4.78, 5) is 24.9. The highest BCUT2D eigenvalue weighted by molar-refractivity contribution is 6.30. The first-order valence-corrected chi connectivity index (χ1v) is 7.75. The van der Waals surface area contributed by atoms with E-state index in [1.54, 1.807) is 0 Å². The van der Waals surface area contributed by atoms with Gasteiger partial charge in [-0.1, -0.05) is 11.6 Å². The third-order valence-corrected chi connectivity index (χ3v) is 2.70. The van der Waals surface area contributed by atoms with Crippen molar-refractivity contribution >= 4 is 29.6 Å². The number of rotatable bonds is 1. The van der Waals surface area contributed by atoms with E-state index in [0.717, 1.165) is 0 Å². The highest BCUT2D eigenvalue weighted by Gasteiger charge is 2.39. The second kappa shape index (κ2) is 7.26. The van der Waals surface area contributed by atoms with Crippen molar-refractivity contribution in [3.63, 3.8) is 0 Å². The summed E-state index contributed by atoms with van der Waals surface area (Å²) in [5.41, 5.74) is -3.41. The molecule has 0 bridgehead atoms. The average Bonchev–Trinajstić information content (AvgIpc) is 2.35. The predicted octanol–water partition coefficient (Wildman–Crippen LogP) is 4.83. The first-order valence-electron chi connectivity index (χ1n) is 7.38. The van der Waals surface area contributed by atoms with Crippen LogP contribution in [-0.2, 0) is 15.7 Å². The number of aromatic nitrogens is 2. The van der Waals surface area contributed by atoms with Crippen molar-refractivity contribution in [3.8, 4) is 0 Å². The van der Waals surface area contributed by atoms with E-state index in [2.05, 4.69) is 10.2 Å². The quantitative estimate of drug-likeness (QED) is 0.675. The Morgan fingerprint density at radius 1 is 0.962 bits per heavy atom. The molecule has 1 aromatic heterocycles. The summed E-state index contributed by atoms with van der Waals surface area (Å²) in [5, 5.41) is 5.64. The van der Waals surface area contributed by atoms with E-state index >= 15 is 0 Å². The summed E-state index contributed by atoms with van der Waals surface area (Å²) < 4.78 is 49.2. The molecule has 26 heavy (non-hydrogen) atoms. The maximum Gasteiger partial charge on any atom is 0.425 e. The second-order valence-electron chi connectivity index (χ2n) is 7.20. The van der Waals surface area contributed by atoms with Gasteiger partial charge in [-0.25, -0.2) is 9.59 Å². The Morgan fingerprint density at radius 3 is 1.73 bits per heavy atom. The van der Waals surface area contributed by atoms with Gasteiger partial charge >= 0.3 is 18.4 Å². The summed E-state index contributed by atoms with van der Waals surface area (Å²) in [7, 11) is 0. The molecule has 1 rings (SSSR count). The fourth-order valence-corrected chi connectivity index (χ4v) is 1.75. The lowest BCUT2D eigenvalue weighted by atomic mass is 10.2. The molecule has 7 nitrogen and oxygen atoms in total. The van der Waals surface area contributed by atoms with Crippen LogP contribution in [0.5, 0.6) is 0 Å². The van der Waals surface area contributed by atoms with Gasteiger partial charge in [-0.15, -0.1) is 10.2 Å². The molecule has 0 aliphatic heterocycles. The van der Waals surface area contributed by atoms with E-state index in [0.29, 0.717) is 6.07 Å². The molecule has 0 atom stereocenters. The molecule has 2 amide bonds. The number of alkyl halides is 3. The van der Waals surface area contributed by atoms with Gasteiger partial charge in [0.2, 0.25) is 0 Å². The Kier molecular flexibility index (Phi) is 6.13. The van der Waals surface area contributed by atoms with Crippen molar-refractivity contribution in [2.24, 2.45) is 0 Å². The number of amides is 2. The van der Waals surface area contributed by atoms with Gasteiger partial charge in [0.1, 0.15) is 11.2 Å². The van der Waals surface area contributed by atoms with Gasteiger partial charge in [-0.3, -0.25) is 0 Å². The smallest absolute Gasteiger partial charge is 0.425 e. The van der Waals surface area contributed by atoms with E-state index in [1.807, 2.05) is 0 Å². The predicted molar refractivity (Wildman–Crippen MR) is 87.0 cm³/mol. The second-order valence-corrected chi connectivity index (χ2v) is 7.56. The number of hydrogen-bond acceptors (Lipinski definition) is 6. The van der Waals surface area contributed by atoms with Crippen molar-refractivity contribution in [2.75, 3.05) is 4.90 Å². The van der Waals surface area contributed by atoms with Crippen molar-refractivity contribution < 1.29 is 32.2 Å². The molecule has 1 heterocycles. The lowest BCUT2D eigenvalue weighted by Gasteiger charge is -2.28. The minimum Gasteiger partial charge on any atom is -0.443 e. The van der Waals surface area contributed by atoms with Gasteiger partial charge in [-0.2, -0.15) is 18.1 Å². The Bertz CT molecular complexity index is 669. The SMILES string of the molecule is CC(C)(C)OC(=O)N(C(=O)OC(C)(C)C)c1cc(C(F)(F)F)c(Cl)nn1. The average molecular weight is 398 g/mol. The zero-order valence-electron chi connectivity index (χ0n) is 15.1. The highest BCUT2D eigenvalue weighted by Crippen LogP contribution is 2.35. The molecule has 0 radical (unpaired) electrons. The molecule has 0 aromatic carbocycles. The first kappa shape index (κ1) is 21.9. The molecular weight excluding hydrogens is 379 g/mol. The number of nitrogens with zero attached hydrogens (tertiary/aromatic N) is 3. The highest BCUT2D eigenvalue weighted by atomic mass is 35.5. The molecule has 0 aliphatic rings. The summed E-state index contributed by atoms with van der Waals surface area (Å²) in [6.07, 6.45) is -7.40. The molecule has 0 fully saturated rings. The van der Waals surface area contributed by atoms with Crippen molar-refractivity contribution in [3.05, 3.63) is 16.8 Å². The molecule has 0 saturated heterocycles. The van der Waals surface area contributed by atoms with Crippen LogP contribution in [0.15, 0.2) is 6.07 Å². The maximum absolute atomic E-state index is 13.0. The number of halogens is 4. The number of imide groups is 1. The lowest BCUT2D eigenvalue weighted by molar-refractivity contribution is -0.137. The van der Waals surface area contributed by atoms with Crippen LogP contribution in [0.3, 0.4) is 0 Å². The Hall–Kier alpha value is -2.10. The lowest BCUT2D eigenvalue weighted by Crippen LogP contribution is -2.44. The third-order valence-electron chi connectivity index (χ3n) is 2.42. The Balaban J connectivity index is 3.41. The van der Waals surface area contributed by atoms with Crippen LogP contribution in [0.4, 0.5) is 28.6 Å². The van der Waals surface area contributed by atoms with Gasteiger partial charge < -0.3 is 9.47 Å². The summed E-state index contributed by atoms with van der Waals surface area (Å²) in [5.74, 6) is -0.731. The van der Waals surface area contributed by atoms with Gasteiger partial charge in [0.15, 0.2) is 11.0 Å². The minimum absolute atomic E-state index is 0.231.